The number of carbonyl (C=O) groups is 2. The lowest BCUT2D eigenvalue weighted by Crippen LogP contribution is -2.25. The van der Waals surface area contributed by atoms with Gasteiger partial charge in [0.25, 0.3) is 10.1 Å². The third kappa shape index (κ3) is 3.64. The van der Waals surface area contributed by atoms with Gasteiger partial charge in [-0.25, -0.2) is 0 Å². The molecule has 0 fully saturated rings. The Hall–Kier alpha value is -3.95. The van der Waals surface area contributed by atoms with E-state index in [2.05, 4.69) is 17.2 Å². The fraction of sp³-hybridized carbons (Fsp3) is 0.0435. The average molecular weight is 449 g/mol. The normalized spacial score (nSPS) is 12.7. The summed E-state index contributed by atoms with van der Waals surface area (Å²) in [5.41, 5.74) is 7.58. The third-order valence-corrected chi connectivity index (χ3v) is 5.89. The lowest BCUT2D eigenvalue weighted by molar-refractivity contribution is 0.0980. The molecule has 0 unspecified atom stereocenters. The van der Waals surface area contributed by atoms with Gasteiger partial charge >= 0.3 is 0 Å². The number of ketones is 2. The van der Waals surface area contributed by atoms with E-state index in [-0.39, 0.29) is 27.9 Å². The van der Waals surface area contributed by atoms with Crippen molar-refractivity contribution >= 4 is 44.4 Å². The number of hydrogen-bond acceptors (Lipinski definition) is 7. The third-order valence-electron chi connectivity index (χ3n) is 5.00. The fourth-order valence-corrected chi connectivity index (χ4v) is 4.29. The summed E-state index contributed by atoms with van der Waals surface area (Å²) < 4.78 is 33.6. The van der Waals surface area contributed by atoms with Crippen molar-refractivity contribution in [3.63, 3.8) is 0 Å². The summed E-state index contributed by atoms with van der Waals surface area (Å²) in [6.45, 7) is 5.58. The zero-order valence-corrected chi connectivity index (χ0v) is 17.8. The van der Waals surface area contributed by atoms with Crippen molar-refractivity contribution < 1.29 is 22.6 Å². The Morgan fingerprint density at radius 2 is 1.47 bits per heavy atom. The second kappa shape index (κ2) is 7.63. The maximum Gasteiger partial charge on any atom is 0.296 e. The molecule has 1 aliphatic carbocycles. The molecule has 0 saturated carbocycles. The lowest BCUT2D eigenvalue weighted by Gasteiger charge is -2.23. The molecule has 8 nitrogen and oxygen atoms in total. The van der Waals surface area contributed by atoms with Crippen LogP contribution in [0.3, 0.4) is 0 Å². The van der Waals surface area contributed by atoms with E-state index < -0.39 is 32.3 Å². The summed E-state index contributed by atoms with van der Waals surface area (Å²) in [5.74, 6) is -1.07. The number of benzene rings is 3. The van der Waals surface area contributed by atoms with Crippen molar-refractivity contribution in [1.82, 2.24) is 0 Å². The van der Waals surface area contributed by atoms with Gasteiger partial charge in [-0.15, -0.1) is 0 Å². The van der Waals surface area contributed by atoms with E-state index in [1.807, 2.05) is 6.92 Å². The van der Waals surface area contributed by atoms with Crippen LogP contribution in [-0.4, -0.2) is 24.5 Å². The van der Waals surface area contributed by atoms with E-state index in [1.165, 1.54) is 12.1 Å². The SMILES string of the molecule is C=C(C)Nc1ccc(Nc2cc(S(=O)(=O)O)c(N)c3c2C(=O)c2ccccc2C3=O)cc1. The molecule has 32 heavy (non-hydrogen) atoms. The number of fused-ring (bicyclic) bond motifs is 2. The van der Waals surface area contributed by atoms with Gasteiger partial charge < -0.3 is 16.4 Å². The number of nitrogens with two attached hydrogens (primary N) is 1. The van der Waals surface area contributed by atoms with Crippen molar-refractivity contribution in [1.29, 1.82) is 0 Å². The van der Waals surface area contributed by atoms with Crippen LogP contribution in [0.4, 0.5) is 22.7 Å². The summed E-state index contributed by atoms with van der Waals surface area (Å²) in [6, 6.07) is 14.2. The zero-order chi connectivity index (χ0) is 23.2. The predicted molar refractivity (Wildman–Crippen MR) is 122 cm³/mol. The van der Waals surface area contributed by atoms with Crippen molar-refractivity contribution in [3.8, 4) is 0 Å². The Kier molecular flexibility index (Phi) is 5.08. The number of allylic oxidation sites excluding steroid dienone is 1. The van der Waals surface area contributed by atoms with Crippen LogP contribution in [0.5, 0.6) is 0 Å². The molecular formula is C23H19N3O5S. The lowest BCUT2D eigenvalue weighted by atomic mass is 9.82. The Bertz CT molecular complexity index is 1410. The van der Waals surface area contributed by atoms with Gasteiger partial charge in [0.05, 0.1) is 22.5 Å². The maximum atomic E-state index is 13.3. The molecule has 0 atom stereocenters. The molecule has 0 saturated heterocycles. The molecule has 4 rings (SSSR count). The molecule has 0 aliphatic heterocycles. The van der Waals surface area contributed by atoms with Gasteiger partial charge in [0.2, 0.25) is 0 Å². The Labute approximate surface area is 184 Å². The van der Waals surface area contributed by atoms with Crippen LogP contribution in [-0.2, 0) is 10.1 Å². The smallest absolute Gasteiger partial charge is 0.296 e. The first-order valence-electron chi connectivity index (χ1n) is 9.50. The minimum absolute atomic E-state index is 0.0373. The molecule has 0 aromatic heterocycles. The summed E-state index contributed by atoms with van der Waals surface area (Å²) in [6.07, 6.45) is 0. The fourth-order valence-electron chi connectivity index (χ4n) is 3.64. The van der Waals surface area contributed by atoms with E-state index >= 15 is 0 Å². The van der Waals surface area contributed by atoms with Crippen LogP contribution < -0.4 is 16.4 Å². The summed E-state index contributed by atoms with van der Waals surface area (Å²) >= 11 is 0. The summed E-state index contributed by atoms with van der Waals surface area (Å²) in [7, 11) is -4.77. The maximum absolute atomic E-state index is 13.3. The van der Waals surface area contributed by atoms with Crippen molar-refractivity contribution in [2.45, 2.75) is 11.8 Å². The topological polar surface area (TPSA) is 139 Å². The van der Waals surface area contributed by atoms with E-state index in [9.17, 15) is 22.6 Å². The summed E-state index contributed by atoms with van der Waals surface area (Å²) in [5, 5.41) is 6.04. The predicted octanol–water partition coefficient (Wildman–Crippen LogP) is 3.98. The van der Waals surface area contributed by atoms with E-state index in [4.69, 9.17) is 5.73 Å². The standard InChI is InChI=1S/C23H19N3O5S/c1-12(2)25-13-7-9-14(10-8-13)26-17-11-18(32(29,30)31)21(24)20-19(17)22(27)15-5-3-4-6-16(15)23(20)28/h3-11,25-26H,1,24H2,2H3,(H,29,30,31). The molecular weight excluding hydrogens is 430 g/mol. The van der Waals surface area contributed by atoms with E-state index in [0.29, 0.717) is 5.69 Å². The molecule has 0 bridgehead atoms. The molecule has 0 radical (unpaired) electrons. The highest BCUT2D eigenvalue weighted by molar-refractivity contribution is 7.86. The van der Waals surface area contributed by atoms with Crippen molar-refractivity contribution in [3.05, 3.63) is 89.1 Å². The van der Waals surface area contributed by atoms with Crippen LogP contribution in [0, 0.1) is 0 Å². The second-order valence-electron chi connectivity index (χ2n) is 7.37. The molecule has 3 aromatic carbocycles. The molecule has 9 heteroatoms. The minimum atomic E-state index is -4.77. The molecule has 1 aliphatic rings. The number of rotatable bonds is 5. The highest BCUT2D eigenvalue weighted by Gasteiger charge is 2.36. The van der Waals surface area contributed by atoms with Crippen LogP contribution in [0.2, 0.25) is 0 Å². The first kappa shape index (κ1) is 21.3. The summed E-state index contributed by atoms with van der Waals surface area (Å²) in [4.78, 5) is 25.8. The van der Waals surface area contributed by atoms with Crippen LogP contribution in [0.15, 0.2) is 71.8 Å². The first-order valence-corrected chi connectivity index (χ1v) is 10.9. The molecule has 0 heterocycles. The Morgan fingerprint density at radius 1 is 0.938 bits per heavy atom. The molecule has 0 amide bonds. The monoisotopic (exact) mass is 449 g/mol. The first-order chi connectivity index (χ1) is 15.1. The average Bonchev–Trinajstić information content (AvgIpc) is 2.73. The van der Waals surface area contributed by atoms with Gasteiger partial charge in [0.15, 0.2) is 11.6 Å². The molecule has 3 aromatic rings. The second-order valence-corrected chi connectivity index (χ2v) is 8.76. The number of carbonyl (C=O) groups excluding carboxylic acids is 2. The highest BCUT2D eigenvalue weighted by atomic mass is 32.2. The van der Waals surface area contributed by atoms with E-state index in [0.717, 1.165) is 17.5 Å². The zero-order valence-electron chi connectivity index (χ0n) is 17.0. The number of nitrogen functional groups attached to an aromatic ring is 1. The number of hydrogen-bond donors (Lipinski definition) is 4. The molecule has 0 spiro atoms. The minimum Gasteiger partial charge on any atom is -0.397 e. The Balaban J connectivity index is 1.90. The van der Waals surface area contributed by atoms with Gasteiger partial charge in [-0.2, -0.15) is 8.42 Å². The van der Waals surface area contributed by atoms with Crippen LogP contribution in [0.25, 0.3) is 0 Å². The van der Waals surface area contributed by atoms with Gasteiger partial charge in [0.1, 0.15) is 4.90 Å². The Morgan fingerprint density at radius 3 is 2.00 bits per heavy atom. The number of nitrogens with one attached hydrogen (secondary N) is 2. The van der Waals surface area contributed by atoms with Crippen molar-refractivity contribution in [2.75, 3.05) is 16.4 Å². The number of anilines is 4. The van der Waals surface area contributed by atoms with Gasteiger partial charge in [-0.3, -0.25) is 14.1 Å². The van der Waals surface area contributed by atoms with Gasteiger partial charge in [0, 0.05) is 28.2 Å². The van der Waals surface area contributed by atoms with Crippen LogP contribution >= 0.6 is 0 Å². The van der Waals surface area contributed by atoms with Crippen molar-refractivity contribution in [2.24, 2.45) is 0 Å². The van der Waals surface area contributed by atoms with Crippen LogP contribution in [0.1, 0.15) is 38.8 Å². The van der Waals surface area contributed by atoms with Gasteiger partial charge in [-0.1, -0.05) is 30.8 Å². The molecule has 162 valence electrons. The van der Waals surface area contributed by atoms with E-state index in [1.54, 1.807) is 36.4 Å². The molecule has 5 N–H and O–H groups in total. The highest BCUT2D eigenvalue weighted by Crippen LogP contribution is 2.40. The van der Waals surface area contributed by atoms with Gasteiger partial charge in [-0.05, 0) is 37.3 Å². The quantitative estimate of drug-likeness (QED) is 0.265. The largest absolute Gasteiger partial charge is 0.397 e.